The lowest BCUT2D eigenvalue weighted by molar-refractivity contribution is -0.265. The Labute approximate surface area is 406 Å². The maximum Gasteiger partial charge on any atom is 0.329 e. The van der Waals surface area contributed by atoms with Crippen LogP contribution in [0.25, 0.3) is 0 Å². The van der Waals surface area contributed by atoms with Gasteiger partial charge in [-0.2, -0.15) is 0 Å². The molecule has 0 aromatic heterocycles. The number of fused-ring (bicyclic) bond motifs is 3. The number of methoxy groups -OCH3 is 6. The van der Waals surface area contributed by atoms with Gasteiger partial charge in [-0.3, -0.25) is 14.4 Å². The van der Waals surface area contributed by atoms with Gasteiger partial charge in [-0.25, -0.2) is 4.79 Å². The SMILES string of the molecule is CO[C@H]1C[C@@H]2CC[C@@H](C)[C@@](O)(O2)C(=O)C(=O)N2CCCC[C@H]2C(=O)O[C@H]([C@H](N)C[C@@H]2CC[C@@H](OC)[C@H](OC)C2)C[C@@H](OC)[C@H](C)/C=C(\C)[C@@H](OC)[C@@H](OC)C(=O)[C@H](C)C[C@H](C)/C=C/C=C/C=C/1C. The fourth-order valence-corrected chi connectivity index (χ4v) is 10.9. The van der Waals surface area contributed by atoms with Crippen LogP contribution < -0.4 is 5.73 Å². The molecule has 386 valence electrons. The molecule has 2 saturated heterocycles. The molecule has 0 radical (unpaired) electrons. The van der Waals surface area contributed by atoms with Gasteiger partial charge in [0.1, 0.15) is 24.4 Å². The Morgan fingerprint density at radius 2 is 1.44 bits per heavy atom. The van der Waals surface area contributed by atoms with E-state index in [1.54, 1.807) is 42.5 Å². The molecule has 1 aliphatic carbocycles. The lowest BCUT2D eigenvalue weighted by atomic mass is 9.80. The number of Topliss-reactive ketones (excluding diaryl/α,β-unsaturated/α-hetero) is 2. The zero-order valence-corrected chi connectivity index (χ0v) is 43.2. The molecule has 0 aromatic carbocycles. The second kappa shape index (κ2) is 27.5. The summed E-state index contributed by atoms with van der Waals surface area (Å²) in [7, 11) is 9.64. The van der Waals surface area contributed by atoms with E-state index in [4.69, 9.17) is 43.6 Å². The van der Waals surface area contributed by atoms with Crippen LogP contribution in [0.5, 0.6) is 0 Å². The van der Waals surface area contributed by atoms with Crippen LogP contribution in [0, 0.1) is 29.6 Å². The smallest absolute Gasteiger partial charge is 0.329 e. The number of esters is 1. The van der Waals surface area contributed by atoms with Gasteiger partial charge in [-0.15, -0.1) is 0 Å². The summed E-state index contributed by atoms with van der Waals surface area (Å²) in [5, 5.41) is 12.0. The zero-order chi connectivity index (χ0) is 50.3. The number of piperidine rings is 1. The van der Waals surface area contributed by atoms with E-state index in [2.05, 4.69) is 13.0 Å². The van der Waals surface area contributed by atoms with Crippen molar-refractivity contribution in [2.75, 3.05) is 49.2 Å². The first-order valence-corrected chi connectivity index (χ1v) is 25.0. The first-order chi connectivity index (χ1) is 32.4. The predicted octanol–water partition coefficient (Wildman–Crippen LogP) is 6.63. The largest absolute Gasteiger partial charge is 0.459 e. The Morgan fingerprint density at radius 3 is 2.09 bits per heavy atom. The molecule has 1 amide bonds. The number of carbonyl (C=O) groups is 4. The van der Waals surface area contributed by atoms with E-state index in [9.17, 15) is 24.3 Å². The number of nitrogens with two attached hydrogens (primary N) is 1. The Morgan fingerprint density at radius 1 is 0.750 bits per heavy atom. The molecule has 3 N–H and O–H groups in total. The summed E-state index contributed by atoms with van der Waals surface area (Å²) in [6.07, 6.45) is 14.2. The van der Waals surface area contributed by atoms with Crippen molar-refractivity contribution in [3.8, 4) is 0 Å². The van der Waals surface area contributed by atoms with Crippen LogP contribution in [0.4, 0.5) is 0 Å². The summed E-state index contributed by atoms with van der Waals surface area (Å²) >= 11 is 0. The summed E-state index contributed by atoms with van der Waals surface area (Å²) in [6.45, 7) is 11.6. The highest BCUT2D eigenvalue weighted by Gasteiger charge is 2.53. The van der Waals surface area contributed by atoms with Gasteiger partial charge in [0.05, 0.1) is 30.5 Å². The van der Waals surface area contributed by atoms with Crippen molar-refractivity contribution < 1.29 is 62.2 Å². The van der Waals surface area contributed by atoms with Gasteiger partial charge in [0.15, 0.2) is 5.78 Å². The Balaban J connectivity index is 1.74. The van der Waals surface area contributed by atoms with Crippen LogP contribution >= 0.6 is 0 Å². The lowest BCUT2D eigenvalue weighted by Gasteiger charge is -2.43. The summed E-state index contributed by atoms with van der Waals surface area (Å²) in [4.78, 5) is 58.5. The van der Waals surface area contributed by atoms with Crippen molar-refractivity contribution in [1.29, 1.82) is 0 Å². The first kappa shape index (κ1) is 57.5. The van der Waals surface area contributed by atoms with Crippen LogP contribution in [0.2, 0.25) is 0 Å². The number of nitrogens with zero attached hydrogens (tertiary/aromatic N) is 1. The fourth-order valence-electron chi connectivity index (χ4n) is 10.9. The maximum absolute atomic E-state index is 14.6. The maximum atomic E-state index is 14.6. The molecule has 3 fully saturated rings. The van der Waals surface area contributed by atoms with Crippen molar-refractivity contribution in [3.05, 3.63) is 47.6 Å². The normalized spacial score (nSPS) is 40.2. The van der Waals surface area contributed by atoms with Gasteiger partial charge in [-0.05, 0) is 101 Å². The molecular formula is C53H86N2O13. The van der Waals surface area contributed by atoms with Gasteiger partial charge in [0.25, 0.3) is 11.7 Å². The van der Waals surface area contributed by atoms with Gasteiger partial charge in [0, 0.05) is 85.8 Å². The monoisotopic (exact) mass is 959 g/mol. The van der Waals surface area contributed by atoms with E-state index in [-0.39, 0.29) is 61.0 Å². The van der Waals surface area contributed by atoms with Gasteiger partial charge < -0.3 is 53.6 Å². The van der Waals surface area contributed by atoms with Crippen LogP contribution in [0.1, 0.15) is 119 Å². The quantitative estimate of drug-likeness (QED) is 0.142. The van der Waals surface area contributed by atoms with E-state index < -0.39 is 78.1 Å². The Hall–Kier alpha value is -3.12. The number of ether oxygens (including phenoxy) is 8. The van der Waals surface area contributed by atoms with E-state index >= 15 is 0 Å². The van der Waals surface area contributed by atoms with Gasteiger partial charge in [-0.1, -0.05) is 64.2 Å². The molecule has 0 aromatic rings. The summed E-state index contributed by atoms with van der Waals surface area (Å²) < 4.78 is 48.0. The third-order valence-corrected chi connectivity index (χ3v) is 15.2. The van der Waals surface area contributed by atoms with Crippen molar-refractivity contribution in [2.24, 2.45) is 35.3 Å². The molecule has 0 unspecified atom stereocenters. The number of ketones is 2. The number of allylic oxidation sites excluding steroid dienone is 5. The molecule has 68 heavy (non-hydrogen) atoms. The Bertz CT molecular complexity index is 1770. The number of rotatable bonds is 9. The lowest BCUT2D eigenvalue weighted by Crippen LogP contribution is -2.61. The second-order valence-corrected chi connectivity index (χ2v) is 20.1. The first-order valence-electron chi connectivity index (χ1n) is 25.0. The third kappa shape index (κ3) is 15.0. The highest BCUT2D eigenvalue weighted by Crippen LogP contribution is 2.37. The van der Waals surface area contributed by atoms with Crippen LogP contribution in [0.3, 0.4) is 0 Å². The number of hydrogen-bond acceptors (Lipinski definition) is 14. The van der Waals surface area contributed by atoms with Gasteiger partial charge >= 0.3 is 5.97 Å². The predicted molar refractivity (Wildman–Crippen MR) is 259 cm³/mol. The summed E-state index contributed by atoms with van der Waals surface area (Å²) in [5.74, 6) is -6.28. The minimum absolute atomic E-state index is 0.0306. The van der Waals surface area contributed by atoms with Crippen molar-refractivity contribution in [1.82, 2.24) is 4.90 Å². The number of amides is 1. The third-order valence-electron chi connectivity index (χ3n) is 15.2. The number of carbonyl (C=O) groups excluding carboxylic acids is 4. The van der Waals surface area contributed by atoms with E-state index in [0.29, 0.717) is 44.9 Å². The van der Waals surface area contributed by atoms with E-state index in [0.717, 1.165) is 30.4 Å². The number of aliphatic hydroxyl groups is 1. The summed E-state index contributed by atoms with van der Waals surface area (Å²) in [6, 6.07) is -1.72. The van der Waals surface area contributed by atoms with Crippen molar-refractivity contribution in [2.45, 2.75) is 185 Å². The molecular weight excluding hydrogens is 873 g/mol. The van der Waals surface area contributed by atoms with Crippen LogP contribution in [-0.4, -0.2) is 149 Å². The molecule has 1 saturated carbocycles. The molecule has 2 bridgehead atoms. The number of cyclic esters (lactones) is 1. The van der Waals surface area contributed by atoms with Crippen molar-refractivity contribution >= 4 is 23.4 Å². The molecule has 3 aliphatic heterocycles. The average Bonchev–Trinajstić information content (AvgIpc) is 3.33. The molecule has 4 rings (SSSR count). The highest BCUT2D eigenvalue weighted by atomic mass is 16.6. The molecule has 15 nitrogen and oxygen atoms in total. The zero-order valence-electron chi connectivity index (χ0n) is 43.2. The Kier molecular flexibility index (Phi) is 23.2. The van der Waals surface area contributed by atoms with Crippen LogP contribution in [-0.2, 0) is 57.1 Å². The van der Waals surface area contributed by atoms with E-state index in [1.807, 2.05) is 58.1 Å². The molecule has 3 heterocycles. The minimum Gasteiger partial charge on any atom is -0.459 e. The van der Waals surface area contributed by atoms with Crippen molar-refractivity contribution in [3.63, 3.8) is 0 Å². The van der Waals surface area contributed by atoms with E-state index in [1.165, 1.54) is 12.0 Å². The molecule has 16 atom stereocenters. The highest BCUT2D eigenvalue weighted by molar-refractivity contribution is 6.39. The number of hydrogen-bond donors (Lipinski definition) is 2. The van der Waals surface area contributed by atoms with Crippen LogP contribution in [0.15, 0.2) is 47.6 Å². The van der Waals surface area contributed by atoms with Gasteiger partial charge in [0.2, 0.25) is 5.79 Å². The fraction of sp³-hybridized carbons (Fsp3) is 0.774. The molecule has 4 aliphatic rings. The molecule has 15 heteroatoms. The second-order valence-electron chi connectivity index (χ2n) is 20.1. The average molecular weight is 959 g/mol. The molecule has 0 spiro atoms. The summed E-state index contributed by atoms with van der Waals surface area (Å²) in [5.41, 5.74) is 8.77. The topological polar surface area (TPSA) is 192 Å². The minimum atomic E-state index is -2.40. The standard InChI is InChI=1S/C53H86N2O13/c1-32-18-14-13-15-19-33(2)43(62-8)30-39-23-21-37(6)53(60,68-39)50(57)51(58)55-25-17-16-20-41(55)52(59)67-45(40(54)28-38-22-24-42(61-7)46(29-38)64-10)31-44(63-9)34(3)27-36(5)48(65-11)49(66-12)47(56)35(4)26-32/h13-15,18-19,27,32,34-35,37-46,48-49,60H,16-17,20-26,28-31,54H2,1-12H3/b15-13+,18-14+,33-19+,36-27+/t32-,34-,35-,37-,38+,39+,40-,41+,42-,43+,44-,45+,46-,48-,49+,53-/m1/s1.